The lowest BCUT2D eigenvalue weighted by Crippen LogP contribution is -2.38. The third-order valence-corrected chi connectivity index (χ3v) is 4.58. The van der Waals surface area contributed by atoms with Gasteiger partial charge in [-0.05, 0) is 42.9 Å². The molecule has 1 unspecified atom stereocenters. The first-order valence-corrected chi connectivity index (χ1v) is 7.42. The minimum Gasteiger partial charge on any atom is -0.372 e. The predicted molar refractivity (Wildman–Crippen MR) is 83.3 cm³/mol. The number of amidine groups is 1. The Morgan fingerprint density at radius 3 is 2.81 bits per heavy atom. The van der Waals surface area contributed by atoms with Gasteiger partial charge in [0.1, 0.15) is 6.33 Å². The Labute approximate surface area is 124 Å². The van der Waals surface area contributed by atoms with Gasteiger partial charge < -0.3 is 5.32 Å². The number of rotatable bonds is 1. The fraction of sp³-hybridized carbons (Fsp3) is 0.353. The Morgan fingerprint density at radius 1 is 1.19 bits per heavy atom. The number of aliphatic imine (C=N–C) groups is 1. The first kappa shape index (κ1) is 12.5. The van der Waals surface area contributed by atoms with E-state index in [1.165, 1.54) is 16.7 Å². The summed E-state index contributed by atoms with van der Waals surface area (Å²) in [5.41, 5.74) is 5.31. The standard InChI is InChI=1S/C17H18N4/c1-12-20-10-17(21-12)6-5-16-13(7-17)3-2-4-15(16)14-8-18-11-19-9-14/h2-4,8-9,11H,5-7,10H2,1H3,(H,20,21). The molecular weight excluding hydrogens is 260 g/mol. The van der Waals surface area contributed by atoms with Crippen molar-refractivity contribution in [2.24, 2.45) is 4.99 Å². The van der Waals surface area contributed by atoms with Crippen LogP contribution in [0.2, 0.25) is 0 Å². The smallest absolute Gasteiger partial charge is 0.115 e. The van der Waals surface area contributed by atoms with Gasteiger partial charge in [-0.15, -0.1) is 0 Å². The van der Waals surface area contributed by atoms with Crippen LogP contribution in [-0.2, 0) is 12.8 Å². The van der Waals surface area contributed by atoms with Crippen LogP contribution in [0.3, 0.4) is 0 Å². The summed E-state index contributed by atoms with van der Waals surface area (Å²) in [5, 5.41) is 3.39. The summed E-state index contributed by atoms with van der Waals surface area (Å²) in [6, 6.07) is 6.56. The topological polar surface area (TPSA) is 50.2 Å². The Morgan fingerprint density at radius 2 is 2.05 bits per heavy atom. The molecule has 2 aromatic rings. The Balaban J connectivity index is 1.75. The van der Waals surface area contributed by atoms with E-state index in [2.05, 4.69) is 40.4 Å². The highest BCUT2D eigenvalue weighted by Gasteiger charge is 2.37. The number of hydrogen-bond acceptors (Lipinski definition) is 4. The van der Waals surface area contributed by atoms with Gasteiger partial charge in [-0.3, -0.25) is 4.99 Å². The van der Waals surface area contributed by atoms with Crippen LogP contribution in [0.5, 0.6) is 0 Å². The number of aromatic nitrogens is 2. The highest BCUT2D eigenvalue weighted by atomic mass is 15.1. The number of nitrogens with one attached hydrogen (secondary N) is 1. The second-order valence-electron chi connectivity index (χ2n) is 6.02. The van der Waals surface area contributed by atoms with E-state index in [4.69, 9.17) is 4.99 Å². The molecule has 2 heterocycles. The Kier molecular flexibility index (Phi) is 2.77. The molecule has 0 radical (unpaired) electrons. The van der Waals surface area contributed by atoms with E-state index in [-0.39, 0.29) is 5.54 Å². The van der Waals surface area contributed by atoms with Crippen molar-refractivity contribution in [2.75, 3.05) is 6.54 Å². The van der Waals surface area contributed by atoms with Gasteiger partial charge in [0.05, 0.1) is 11.4 Å². The lowest BCUT2D eigenvalue weighted by molar-refractivity contribution is 0.395. The highest BCUT2D eigenvalue weighted by Crippen LogP contribution is 2.37. The fourth-order valence-corrected chi connectivity index (χ4v) is 3.58. The van der Waals surface area contributed by atoms with Crippen LogP contribution >= 0.6 is 0 Å². The van der Waals surface area contributed by atoms with Gasteiger partial charge in [-0.25, -0.2) is 9.97 Å². The molecule has 4 nitrogen and oxygen atoms in total. The number of fused-ring (bicyclic) bond motifs is 1. The van der Waals surface area contributed by atoms with Crippen LogP contribution in [0.15, 0.2) is 41.9 Å². The molecule has 0 bridgehead atoms. The lowest BCUT2D eigenvalue weighted by Gasteiger charge is -2.32. The maximum absolute atomic E-state index is 4.86. The van der Waals surface area contributed by atoms with Crippen LogP contribution in [0.25, 0.3) is 11.1 Å². The Bertz CT molecular complexity index is 708. The van der Waals surface area contributed by atoms with Gasteiger partial charge in [-0.1, -0.05) is 18.2 Å². The second kappa shape index (κ2) is 4.65. The van der Waals surface area contributed by atoms with Gasteiger partial charge in [0.15, 0.2) is 0 Å². The minimum atomic E-state index is 0.0723. The molecule has 0 fully saturated rings. The highest BCUT2D eigenvalue weighted by molar-refractivity contribution is 5.82. The average Bonchev–Trinajstić information content (AvgIpc) is 2.88. The summed E-state index contributed by atoms with van der Waals surface area (Å²) in [4.78, 5) is 13.2. The molecule has 1 aliphatic heterocycles. The van der Waals surface area contributed by atoms with Gasteiger partial charge in [-0.2, -0.15) is 0 Å². The molecule has 4 rings (SSSR count). The second-order valence-corrected chi connectivity index (χ2v) is 6.02. The van der Waals surface area contributed by atoms with E-state index < -0.39 is 0 Å². The van der Waals surface area contributed by atoms with E-state index in [1.807, 2.05) is 12.4 Å². The van der Waals surface area contributed by atoms with Crippen molar-refractivity contribution in [1.29, 1.82) is 0 Å². The maximum Gasteiger partial charge on any atom is 0.115 e. The number of benzene rings is 1. The van der Waals surface area contributed by atoms with Gasteiger partial charge >= 0.3 is 0 Å². The van der Waals surface area contributed by atoms with Gasteiger partial charge in [0.25, 0.3) is 0 Å². The van der Waals surface area contributed by atoms with Crippen molar-refractivity contribution in [2.45, 2.75) is 31.7 Å². The molecule has 1 aromatic heterocycles. The molecule has 0 amide bonds. The molecule has 2 aliphatic rings. The summed E-state index contributed by atoms with van der Waals surface area (Å²) >= 11 is 0. The van der Waals surface area contributed by atoms with Crippen molar-refractivity contribution < 1.29 is 0 Å². The quantitative estimate of drug-likeness (QED) is 0.871. The monoisotopic (exact) mass is 278 g/mol. The van der Waals surface area contributed by atoms with Gasteiger partial charge in [0, 0.05) is 24.5 Å². The van der Waals surface area contributed by atoms with E-state index in [1.54, 1.807) is 6.33 Å². The maximum atomic E-state index is 4.86. The number of nitrogens with zero attached hydrogens (tertiary/aromatic N) is 3. The zero-order chi connectivity index (χ0) is 14.3. The largest absolute Gasteiger partial charge is 0.372 e. The molecule has 1 aromatic carbocycles. The van der Waals surface area contributed by atoms with Crippen molar-refractivity contribution in [3.05, 3.63) is 48.0 Å². The first-order valence-electron chi connectivity index (χ1n) is 7.42. The molecule has 0 saturated carbocycles. The lowest BCUT2D eigenvalue weighted by atomic mass is 9.76. The van der Waals surface area contributed by atoms with Crippen LogP contribution in [0.4, 0.5) is 0 Å². The third-order valence-electron chi connectivity index (χ3n) is 4.58. The molecule has 1 aliphatic carbocycles. The van der Waals surface area contributed by atoms with E-state index >= 15 is 0 Å². The summed E-state index contributed by atoms with van der Waals surface area (Å²) in [7, 11) is 0. The van der Waals surface area contributed by atoms with Gasteiger partial charge in [0.2, 0.25) is 0 Å². The number of hydrogen-bond donors (Lipinski definition) is 1. The molecular formula is C17H18N4. The molecule has 0 saturated heterocycles. The normalized spacial score (nSPS) is 23.6. The van der Waals surface area contributed by atoms with Crippen LogP contribution < -0.4 is 5.32 Å². The first-order chi connectivity index (χ1) is 10.3. The molecule has 1 atom stereocenters. The summed E-state index contributed by atoms with van der Waals surface area (Å²) in [5.74, 6) is 1.08. The third kappa shape index (κ3) is 2.11. The van der Waals surface area contributed by atoms with Crippen molar-refractivity contribution in [3.8, 4) is 11.1 Å². The van der Waals surface area contributed by atoms with Crippen molar-refractivity contribution in [3.63, 3.8) is 0 Å². The SMILES string of the molecule is CC1=NC2(CCc3c(cccc3-c3cncnc3)C2)CN1. The van der Waals surface area contributed by atoms with Crippen LogP contribution in [0, 0.1) is 0 Å². The predicted octanol–water partition coefficient (Wildman–Crippen LogP) is 2.39. The van der Waals surface area contributed by atoms with Crippen LogP contribution in [0.1, 0.15) is 24.5 Å². The zero-order valence-corrected chi connectivity index (χ0v) is 12.1. The molecule has 1 N–H and O–H groups in total. The molecule has 21 heavy (non-hydrogen) atoms. The van der Waals surface area contributed by atoms with E-state index in [0.717, 1.165) is 37.2 Å². The molecule has 1 spiro atoms. The van der Waals surface area contributed by atoms with E-state index in [0.29, 0.717) is 0 Å². The summed E-state index contributed by atoms with van der Waals surface area (Å²) in [6.45, 7) is 3.03. The zero-order valence-electron chi connectivity index (χ0n) is 12.1. The Hall–Kier alpha value is -2.23. The van der Waals surface area contributed by atoms with Crippen molar-refractivity contribution in [1.82, 2.24) is 15.3 Å². The van der Waals surface area contributed by atoms with E-state index in [9.17, 15) is 0 Å². The average molecular weight is 278 g/mol. The van der Waals surface area contributed by atoms with Crippen LogP contribution in [-0.4, -0.2) is 27.9 Å². The molecule has 106 valence electrons. The van der Waals surface area contributed by atoms with Crippen molar-refractivity contribution >= 4 is 5.84 Å². The summed E-state index contributed by atoms with van der Waals surface area (Å²) in [6.07, 6.45) is 8.57. The minimum absolute atomic E-state index is 0.0723. The summed E-state index contributed by atoms with van der Waals surface area (Å²) < 4.78 is 0. The fourth-order valence-electron chi connectivity index (χ4n) is 3.58. The molecule has 4 heteroatoms.